The summed E-state index contributed by atoms with van der Waals surface area (Å²) in [6.07, 6.45) is 1.49. The van der Waals surface area contributed by atoms with Gasteiger partial charge in [-0.3, -0.25) is 9.69 Å². The van der Waals surface area contributed by atoms with Gasteiger partial charge in [0, 0.05) is 38.7 Å². The first-order valence-corrected chi connectivity index (χ1v) is 7.71. The van der Waals surface area contributed by atoms with Gasteiger partial charge in [0.15, 0.2) is 5.76 Å². The molecule has 0 bridgehead atoms. The van der Waals surface area contributed by atoms with E-state index < -0.39 is 0 Å². The molecule has 1 atom stereocenters. The third kappa shape index (κ3) is 4.82. The molecule has 0 radical (unpaired) electrons. The molecule has 21 heavy (non-hydrogen) atoms. The van der Waals surface area contributed by atoms with Crippen molar-refractivity contribution < 1.29 is 9.32 Å². The molecule has 6 nitrogen and oxygen atoms in total. The summed E-state index contributed by atoms with van der Waals surface area (Å²) in [5, 5.41) is 3.90. The summed E-state index contributed by atoms with van der Waals surface area (Å²) in [4.78, 5) is 16.4. The average Bonchev–Trinajstić information content (AvgIpc) is 2.90. The maximum absolute atomic E-state index is 12.1. The average molecular weight is 294 g/mol. The zero-order valence-electron chi connectivity index (χ0n) is 13.0. The highest BCUT2D eigenvalue weighted by Gasteiger charge is 2.21. The van der Waals surface area contributed by atoms with Crippen LogP contribution in [-0.4, -0.2) is 53.6 Å². The van der Waals surface area contributed by atoms with Crippen molar-refractivity contribution in [3.63, 3.8) is 0 Å². The Balaban J connectivity index is 1.71. The molecule has 6 heteroatoms. The lowest BCUT2D eigenvalue weighted by Crippen LogP contribution is -2.48. The highest BCUT2D eigenvalue weighted by molar-refractivity contribution is 5.76. The number of amides is 1. The number of hydrogen-bond acceptors (Lipinski definition) is 5. The van der Waals surface area contributed by atoms with Crippen molar-refractivity contribution in [3.8, 4) is 0 Å². The van der Waals surface area contributed by atoms with Crippen LogP contribution >= 0.6 is 0 Å². The molecule has 2 rings (SSSR count). The van der Waals surface area contributed by atoms with Crippen molar-refractivity contribution in [2.75, 3.05) is 32.7 Å². The molecule has 1 saturated heterocycles. The molecule has 1 amide bonds. The summed E-state index contributed by atoms with van der Waals surface area (Å²) < 4.78 is 5.23. The molecule has 2 N–H and O–H groups in total. The molecule has 2 heterocycles. The summed E-state index contributed by atoms with van der Waals surface area (Å²) in [5.41, 5.74) is 6.49. The van der Waals surface area contributed by atoms with Crippen molar-refractivity contribution in [1.82, 2.24) is 15.0 Å². The molecule has 1 aromatic heterocycles. The Morgan fingerprint density at radius 2 is 2.14 bits per heavy atom. The Hall–Kier alpha value is -1.40. The molecular formula is C15H26N4O2. The van der Waals surface area contributed by atoms with Crippen LogP contribution in [0.4, 0.5) is 0 Å². The van der Waals surface area contributed by atoms with Crippen LogP contribution in [0.25, 0.3) is 0 Å². The van der Waals surface area contributed by atoms with E-state index >= 15 is 0 Å². The van der Waals surface area contributed by atoms with Crippen LogP contribution in [-0.2, 0) is 11.3 Å². The molecule has 0 aliphatic carbocycles. The predicted octanol–water partition coefficient (Wildman–Crippen LogP) is 1.00. The molecule has 1 unspecified atom stereocenters. The van der Waals surface area contributed by atoms with E-state index in [1.54, 1.807) is 0 Å². The number of hydrogen-bond donors (Lipinski definition) is 1. The Kier molecular flexibility index (Phi) is 5.76. The molecule has 1 fully saturated rings. The number of nitrogens with two attached hydrogens (primary N) is 1. The second-order valence-corrected chi connectivity index (χ2v) is 5.97. The summed E-state index contributed by atoms with van der Waals surface area (Å²) in [7, 11) is 0. The van der Waals surface area contributed by atoms with Crippen molar-refractivity contribution in [2.24, 2.45) is 11.7 Å². The second kappa shape index (κ2) is 7.56. The van der Waals surface area contributed by atoms with Gasteiger partial charge in [0.25, 0.3) is 0 Å². The van der Waals surface area contributed by atoms with Crippen LogP contribution in [0.15, 0.2) is 10.6 Å². The van der Waals surface area contributed by atoms with Crippen LogP contribution in [0.2, 0.25) is 0 Å². The van der Waals surface area contributed by atoms with Crippen molar-refractivity contribution in [2.45, 2.75) is 33.2 Å². The van der Waals surface area contributed by atoms with Gasteiger partial charge < -0.3 is 15.2 Å². The number of aromatic nitrogens is 1. The lowest BCUT2D eigenvalue weighted by Gasteiger charge is -2.34. The van der Waals surface area contributed by atoms with E-state index in [0.29, 0.717) is 18.9 Å². The van der Waals surface area contributed by atoms with Gasteiger partial charge in [-0.2, -0.15) is 0 Å². The van der Waals surface area contributed by atoms with Gasteiger partial charge in [0.1, 0.15) is 0 Å². The lowest BCUT2D eigenvalue weighted by molar-refractivity contribution is -0.133. The number of piperazine rings is 1. The van der Waals surface area contributed by atoms with Crippen molar-refractivity contribution >= 4 is 5.91 Å². The largest absolute Gasteiger partial charge is 0.360 e. The topological polar surface area (TPSA) is 75.6 Å². The quantitative estimate of drug-likeness (QED) is 0.847. The van der Waals surface area contributed by atoms with Gasteiger partial charge in [-0.25, -0.2) is 0 Å². The molecule has 118 valence electrons. The van der Waals surface area contributed by atoms with E-state index in [-0.39, 0.29) is 5.91 Å². The Labute approximate surface area is 126 Å². The third-order valence-electron chi connectivity index (χ3n) is 4.03. The minimum atomic E-state index is 0.255. The standard InChI is InChI=1S/C15H26N4O2/c1-12(10-16)3-4-15(20)19-7-5-18(6-8-19)11-14-9-13(2)17-21-14/h9,12H,3-8,10-11,16H2,1-2H3. The van der Waals surface area contributed by atoms with Crippen LogP contribution in [0.1, 0.15) is 31.2 Å². The van der Waals surface area contributed by atoms with Crippen molar-refractivity contribution in [1.29, 1.82) is 0 Å². The van der Waals surface area contributed by atoms with E-state index in [2.05, 4.69) is 17.0 Å². The molecule has 0 saturated carbocycles. The number of carbonyl (C=O) groups is 1. The van der Waals surface area contributed by atoms with E-state index in [0.717, 1.165) is 50.6 Å². The predicted molar refractivity (Wildman–Crippen MR) is 80.5 cm³/mol. The van der Waals surface area contributed by atoms with Gasteiger partial charge in [0.2, 0.25) is 5.91 Å². The SMILES string of the molecule is Cc1cc(CN2CCN(C(=O)CCC(C)CN)CC2)on1. The first-order chi connectivity index (χ1) is 10.1. The highest BCUT2D eigenvalue weighted by Crippen LogP contribution is 2.12. The zero-order chi connectivity index (χ0) is 15.2. The third-order valence-corrected chi connectivity index (χ3v) is 4.03. The van der Waals surface area contributed by atoms with Gasteiger partial charge >= 0.3 is 0 Å². The lowest BCUT2D eigenvalue weighted by atomic mass is 10.1. The van der Waals surface area contributed by atoms with Gasteiger partial charge in [0.05, 0.1) is 12.2 Å². The molecular weight excluding hydrogens is 268 g/mol. The fourth-order valence-corrected chi connectivity index (χ4v) is 2.51. The summed E-state index contributed by atoms with van der Waals surface area (Å²) in [6, 6.07) is 1.96. The summed E-state index contributed by atoms with van der Waals surface area (Å²) in [6.45, 7) is 8.79. The summed E-state index contributed by atoms with van der Waals surface area (Å²) >= 11 is 0. The zero-order valence-corrected chi connectivity index (χ0v) is 13.0. The van der Waals surface area contributed by atoms with Gasteiger partial charge in [-0.15, -0.1) is 0 Å². The van der Waals surface area contributed by atoms with E-state index in [9.17, 15) is 4.79 Å². The van der Waals surface area contributed by atoms with Crippen LogP contribution < -0.4 is 5.73 Å². The Bertz CT molecular complexity index is 452. The van der Waals surface area contributed by atoms with Gasteiger partial charge in [-0.05, 0) is 25.8 Å². The van der Waals surface area contributed by atoms with Crippen LogP contribution in [0.5, 0.6) is 0 Å². The Morgan fingerprint density at radius 3 is 2.71 bits per heavy atom. The number of aryl methyl sites for hydroxylation is 1. The molecule has 0 aromatic carbocycles. The number of carbonyl (C=O) groups excluding carboxylic acids is 1. The fraction of sp³-hybridized carbons (Fsp3) is 0.733. The monoisotopic (exact) mass is 294 g/mol. The number of nitrogens with zero attached hydrogens (tertiary/aromatic N) is 3. The minimum Gasteiger partial charge on any atom is -0.360 e. The highest BCUT2D eigenvalue weighted by atomic mass is 16.5. The van der Waals surface area contributed by atoms with E-state index in [1.165, 1.54) is 0 Å². The first-order valence-electron chi connectivity index (χ1n) is 7.71. The molecule has 0 spiro atoms. The number of rotatable bonds is 6. The molecule has 1 aromatic rings. The smallest absolute Gasteiger partial charge is 0.222 e. The second-order valence-electron chi connectivity index (χ2n) is 5.97. The normalized spacial score (nSPS) is 18.0. The molecule has 1 aliphatic heterocycles. The van der Waals surface area contributed by atoms with Crippen molar-refractivity contribution in [3.05, 3.63) is 17.5 Å². The first kappa shape index (κ1) is 16.0. The maximum Gasteiger partial charge on any atom is 0.222 e. The molecule has 1 aliphatic rings. The minimum absolute atomic E-state index is 0.255. The van der Waals surface area contributed by atoms with E-state index in [4.69, 9.17) is 10.3 Å². The van der Waals surface area contributed by atoms with Crippen LogP contribution in [0, 0.1) is 12.8 Å². The van der Waals surface area contributed by atoms with Gasteiger partial charge in [-0.1, -0.05) is 12.1 Å². The maximum atomic E-state index is 12.1. The van der Waals surface area contributed by atoms with Crippen LogP contribution in [0.3, 0.4) is 0 Å². The Morgan fingerprint density at radius 1 is 1.43 bits per heavy atom. The fourth-order valence-electron chi connectivity index (χ4n) is 2.51. The van der Waals surface area contributed by atoms with E-state index in [1.807, 2.05) is 17.9 Å². The summed E-state index contributed by atoms with van der Waals surface area (Å²) in [5.74, 6) is 1.57.